The molecule has 4 heterocycles. The van der Waals surface area contributed by atoms with Crippen molar-refractivity contribution in [1.82, 2.24) is 29.7 Å². The first-order valence-corrected chi connectivity index (χ1v) is 19.3. The molecule has 0 saturated carbocycles. The van der Waals surface area contributed by atoms with Crippen LogP contribution in [0.5, 0.6) is 5.75 Å². The van der Waals surface area contributed by atoms with Gasteiger partial charge in [0.25, 0.3) is 11.8 Å². The van der Waals surface area contributed by atoms with E-state index in [1.165, 1.54) is 6.07 Å². The molecule has 5 amide bonds. The van der Waals surface area contributed by atoms with Crippen LogP contribution in [0.3, 0.4) is 0 Å². The van der Waals surface area contributed by atoms with E-state index in [1.54, 1.807) is 18.5 Å². The lowest BCUT2D eigenvalue weighted by atomic mass is 10.0. The van der Waals surface area contributed by atoms with Gasteiger partial charge in [-0.15, -0.1) is 0 Å². The van der Waals surface area contributed by atoms with Crippen molar-refractivity contribution in [3.8, 4) is 5.75 Å². The minimum Gasteiger partial charge on any atom is -0.493 e. The van der Waals surface area contributed by atoms with E-state index in [9.17, 15) is 29.1 Å². The summed E-state index contributed by atoms with van der Waals surface area (Å²) in [4.78, 5) is 77.7. The lowest BCUT2D eigenvalue weighted by molar-refractivity contribution is -0.136. The summed E-state index contributed by atoms with van der Waals surface area (Å²) in [6.45, 7) is 6.89. The fourth-order valence-electron chi connectivity index (χ4n) is 6.76. The number of hydrogen-bond acceptors (Lipinski definition) is 12. The maximum absolute atomic E-state index is 13.2. The third kappa shape index (κ3) is 9.13. The quantitative estimate of drug-likeness (QED) is 0.0634. The van der Waals surface area contributed by atoms with Crippen LogP contribution in [0.1, 0.15) is 111 Å². The highest BCUT2D eigenvalue weighted by Crippen LogP contribution is 2.34. The molecule has 5 N–H and O–H groups in total. The molecule has 2 atom stereocenters. The number of aliphatic hydroxyl groups excluding tert-OH is 1. The molecular weight excluding hydrogens is 718 g/mol. The SMILES string of the molecule is CC[C@H](CO)Nc1nc(NCc2ccc(NC(=O)CCCCCCCOc3cccc4c3C(=O)N(C3CCC(=O)NC3=O)C4=O)cc2)c2ncn(C(C)C)c2n1. The van der Waals surface area contributed by atoms with E-state index >= 15 is 0 Å². The summed E-state index contributed by atoms with van der Waals surface area (Å²) in [5, 5.41) is 21.5. The Hall–Kier alpha value is -5.90. The largest absolute Gasteiger partial charge is 0.493 e. The highest BCUT2D eigenvalue weighted by atomic mass is 16.5. The van der Waals surface area contributed by atoms with Crippen molar-refractivity contribution >= 4 is 58.2 Å². The number of amides is 5. The van der Waals surface area contributed by atoms with Crippen LogP contribution < -0.4 is 26.0 Å². The molecule has 0 bridgehead atoms. The Kier molecular flexibility index (Phi) is 12.9. The van der Waals surface area contributed by atoms with Gasteiger partial charge in [-0.1, -0.05) is 44.4 Å². The summed E-state index contributed by atoms with van der Waals surface area (Å²) in [5.74, 6) is -0.988. The molecule has 16 heteroatoms. The summed E-state index contributed by atoms with van der Waals surface area (Å²) in [5.41, 5.74) is 3.39. The topological polar surface area (TPSA) is 210 Å². The minimum atomic E-state index is -1.03. The standard InChI is InChI=1S/C40H49N9O7/c1-4-26(22-50)44-40-46-35(34-36(47-40)48(23-42-34)24(2)3)41-21-25-14-16-27(17-15-25)43-31(51)13-8-6-5-7-9-20-56-30-12-10-11-28-33(30)39(55)49(38(28)54)29-18-19-32(52)45-37(29)53/h10-12,14-17,23-24,26,29,50H,4-9,13,18-22H2,1-3H3,(H,43,51)(H,45,52,53)(H2,41,44,46,47)/t26-,29?/m1/s1. The Labute approximate surface area is 324 Å². The van der Waals surface area contributed by atoms with Gasteiger partial charge in [0, 0.05) is 31.1 Å². The highest BCUT2D eigenvalue weighted by molar-refractivity contribution is 6.24. The first kappa shape index (κ1) is 39.8. The molecule has 4 aromatic rings. The van der Waals surface area contributed by atoms with Crippen molar-refractivity contribution in [2.75, 3.05) is 29.2 Å². The number of unbranched alkanes of at least 4 members (excludes halogenated alkanes) is 4. The molecule has 56 heavy (non-hydrogen) atoms. The highest BCUT2D eigenvalue weighted by Gasteiger charge is 2.46. The molecule has 2 aromatic heterocycles. The van der Waals surface area contributed by atoms with Gasteiger partial charge in [-0.2, -0.15) is 9.97 Å². The van der Waals surface area contributed by atoms with Gasteiger partial charge < -0.3 is 30.4 Å². The van der Waals surface area contributed by atoms with E-state index in [2.05, 4.69) is 50.1 Å². The van der Waals surface area contributed by atoms with E-state index in [1.807, 2.05) is 35.8 Å². The molecule has 296 valence electrons. The number of piperidine rings is 1. The molecule has 2 aromatic carbocycles. The zero-order valence-corrected chi connectivity index (χ0v) is 32.0. The van der Waals surface area contributed by atoms with Gasteiger partial charge in [-0.05, 0) is 69.4 Å². The molecule has 0 spiro atoms. The number of hydrogen-bond donors (Lipinski definition) is 5. The summed E-state index contributed by atoms with van der Waals surface area (Å²) >= 11 is 0. The number of imidazole rings is 1. The van der Waals surface area contributed by atoms with Gasteiger partial charge in [0.1, 0.15) is 11.8 Å². The van der Waals surface area contributed by atoms with E-state index < -0.39 is 29.7 Å². The molecule has 1 fully saturated rings. The lowest BCUT2D eigenvalue weighted by Gasteiger charge is -2.27. The number of fused-ring (bicyclic) bond motifs is 2. The second-order valence-electron chi connectivity index (χ2n) is 14.3. The monoisotopic (exact) mass is 767 g/mol. The second kappa shape index (κ2) is 18.2. The van der Waals surface area contributed by atoms with E-state index in [4.69, 9.17) is 4.74 Å². The predicted molar refractivity (Wildman–Crippen MR) is 209 cm³/mol. The average molecular weight is 768 g/mol. The molecule has 1 unspecified atom stereocenters. The molecule has 2 aliphatic heterocycles. The zero-order chi connectivity index (χ0) is 39.8. The molecule has 16 nitrogen and oxygen atoms in total. The Bertz CT molecular complexity index is 2080. The molecule has 2 aliphatic rings. The number of nitrogens with zero attached hydrogens (tertiary/aromatic N) is 5. The summed E-state index contributed by atoms with van der Waals surface area (Å²) < 4.78 is 7.90. The van der Waals surface area contributed by atoms with E-state index in [0.717, 1.165) is 49.0 Å². The van der Waals surface area contributed by atoms with Gasteiger partial charge in [0.15, 0.2) is 17.0 Å². The Morgan fingerprint density at radius 3 is 2.50 bits per heavy atom. The minimum absolute atomic E-state index is 0.0310. The number of carbonyl (C=O) groups excluding carboxylic acids is 5. The fourth-order valence-corrected chi connectivity index (χ4v) is 6.76. The van der Waals surface area contributed by atoms with Gasteiger partial charge in [-0.3, -0.25) is 34.2 Å². The smallest absolute Gasteiger partial charge is 0.266 e. The number of nitrogens with one attached hydrogen (secondary N) is 4. The van der Waals surface area contributed by atoms with Crippen molar-refractivity contribution < 1.29 is 33.8 Å². The van der Waals surface area contributed by atoms with E-state index in [0.29, 0.717) is 53.9 Å². The van der Waals surface area contributed by atoms with Crippen molar-refractivity contribution in [3.05, 3.63) is 65.5 Å². The normalized spacial score (nSPS) is 15.9. The number of anilines is 3. The molecule has 0 aliphatic carbocycles. The number of aliphatic hydroxyl groups is 1. The first-order chi connectivity index (χ1) is 27.1. The van der Waals surface area contributed by atoms with Crippen LogP contribution in [0.15, 0.2) is 48.8 Å². The van der Waals surface area contributed by atoms with Crippen molar-refractivity contribution in [1.29, 1.82) is 0 Å². The van der Waals surface area contributed by atoms with Crippen LogP contribution in [0.25, 0.3) is 11.2 Å². The van der Waals surface area contributed by atoms with Gasteiger partial charge >= 0.3 is 0 Å². The van der Waals surface area contributed by atoms with Gasteiger partial charge in [-0.25, -0.2) is 4.98 Å². The maximum atomic E-state index is 13.2. The number of imide groups is 2. The number of aromatic nitrogens is 4. The Balaban J connectivity index is 0.903. The van der Waals surface area contributed by atoms with E-state index in [-0.39, 0.29) is 48.6 Å². The van der Waals surface area contributed by atoms with Crippen molar-refractivity contribution in [2.45, 2.75) is 103 Å². The Morgan fingerprint density at radius 2 is 1.77 bits per heavy atom. The number of carbonyl (C=O) groups is 5. The second-order valence-corrected chi connectivity index (χ2v) is 14.3. The third-order valence-electron chi connectivity index (χ3n) is 9.96. The van der Waals surface area contributed by atoms with Crippen molar-refractivity contribution in [2.24, 2.45) is 0 Å². The number of benzene rings is 2. The molecule has 0 radical (unpaired) electrons. The Morgan fingerprint density at radius 1 is 1.00 bits per heavy atom. The lowest BCUT2D eigenvalue weighted by Crippen LogP contribution is -2.54. The van der Waals surface area contributed by atoms with Crippen LogP contribution in [0.4, 0.5) is 17.5 Å². The van der Waals surface area contributed by atoms with Crippen molar-refractivity contribution in [3.63, 3.8) is 0 Å². The molecule has 6 rings (SSSR count). The van der Waals surface area contributed by atoms with Crippen LogP contribution in [0, 0.1) is 0 Å². The number of ether oxygens (including phenoxy) is 1. The van der Waals surface area contributed by atoms with Crippen LogP contribution >= 0.6 is 0 Å². The van der Waals surface area contributed by atoms with Crippen LogP contribution in [-0.2, 0) is 20.9 Å². The van der Waals surface area contributed by atoms with Crippen LogP contribution in [0.2, 0.25) is 0 Å². The maximum Gasteiger partial charge on any atom is 0.266 e. The summed E-state index contributed by atoms with van der Waals surface area (Å²) in [6, 6.07) is 11.4. The predicted octanol–water partition coefficient (Wildman–Crippen LogP) is 4.96. The van der Waals surface area contributed by atoms with Gasteiger partial charge in [0.05, 0.1) is 36.7 Å². The van der Waals surface area contributed by atoms with Crippen LogP contribution in [-0.4, -0.2) is 84.4 Å². The first-order valence-electron chi connectivity index (χ1n) is 19.3. The molecular formula is C40H49N9O7. The average Bonchev–Trinajstić information content (AvgIpc) is 3.73. The summed E-state index contributed by atoms with van der Waals surface area (Å²) in [6.07, 6.45) is 7.12. The fraction of sp³-hybridized carbons (Fsp3) is 0.450. The zero-order valence-electron chi connectivity index (χ0n) is 32.0. The van der Waals surface area contributed by atoms with Gasteiger partial charge in [0.2, 0.25) is 23.7 Å². The molecule has 1 saturated heterocycles. The third-order valence-corrected chi connectivity index (χ3v) is 9.96. The number of rotatable bonds is 19. The summed E-state index contributed by atoms with van der Waals surface area (Å²) in [7, 11) is 0.